The van der Waals surface area contributed by atoms with Gasteiger partial charge in [-0.15, -0.1) is 0 Å². The van der Waals surface area contributed by atoms with E-state index in [9.17, 15) is 4.79 Å². The summed E-state index contributed by atoms with van der Waals surface area (Å²) in [5.74, 6) is 0.149. The minimum absolute atomic E-state index is 0.149. The number of carbonyl (C=O) groups is 1. The third kappa shape index (κ3) is 3.29. The van der Waals surface area contributed by atoms with Crippen molar-refractivity contribution in [3.05, 3.63) is 41.1 Å². The van der Waals surface area contributed by atoms with Crippen LogP contribution in [0.3, 0.4) is 0 Å². The summed E-state index contributed by atoms with van der Waals surface area (Å²) in [7, 11) is 4.26. The number of amides is 1. The number of hydrogen-bond acceptors (Lipinski definition) is 3. The third-order valence-corrected chi connectivity index (χ3v) is 5.11. The van der Waals surface area contributed by atoms with Crippen molar-refractivity contribution in [2.75, 3.05) is 27.2 Å². The molecule has 0 N–H and O–H groups in total. The molecule has 1 aromatic heterocycles. The fourth-order valence-electron chi connectivity index (χ4n) is 3.67. The molecule has 1 atom stereocenters. The number of fused-ring (bicyclic) bond motifs is 1. The van der Waals surface area contributed by atoms with E-state index in [2.05, 4.69) is 37.0 Å². The normalized spacial score (nSPS) is 18.9. The highest BCUT2D eigenvalue weighted by Crippen LogP contribution is 2.24. The summed E-state index contributed by atoms with van der Waals surface area (Å²) in [4.78, 5) is 22.1. The van der Waals surface area contributed by atoms with Gasteiger partial charge in [-0.25, -0.2) is 0 Å². The molecule has 1 amide bonds. The Morgan fingerprint density at radius 2 is 2.00 bits per heavy atom. The van der Waals surface area contributed by atoms with Gasteiger partial charge in [0.15, 0.2) is 0 Å². The van der Waals surface area contributed by atoms with Gasteiger partial charge in [-0.2, -0.15) is 0 Å². The minimum atomic E-state index is 0.149. The van der Waals surface area contributed by atoms with E-state index in [1.807, 2.05) is 30.0 Å². The first-order valence-electron chi connectivity index (χ1n) is 8.80. The maximum atomic E-state index is 13.2. The van der Waals surface area contributed by atoms with Crippen molar-refractivity contribution < 1.29 is 4.79 Å². The molecule has 1 aliphatic heterocycles. The topological polar surface area (TPSA) is 36.4 Å². The first-order chi connectivity index (χ1) is 11.5. The zero-order chi connectivity index (χ0) is 17.3. The Bertz CT molecular complexity index is 754. The summed E-state index contributed by atoms with van der Waals surface area (Å²) < 4.78 is 0. The number of aromatic nitrogens is 1. The molecular formula is C20H27N3O. The molecule has 1 aromatic carbocycles. The molecule has 1 fully saturated rings. The molecule has 0 spiro atoms. The van der Waals surface area contributed by atoms with E-state index < -0.39 is 0 Å². The van der Waals surface area contributed by atoms with Crippen LogP contribution in [0.2, 0.25) is 0 Å². The van der Waals surface area contributed by atoms with E-state index in [-0.39, 0.29) is 5.91 Å². The van der Waals surface area contributed by atoms with Crippen LogP contribution >= 0.6 is 0 Å². The van der Waals surface area contributed by atoms with Gasteiger partial charge in [-0.05, 0) is 58.8 Å². The summed E-state index contributed by atoms with van der Waals surface area (Å²) in [6.07, 6.45) is 3.27. The Morgan fingerprint density at radius 1 is 1.21 bits per heavy atom. The van der Waals surface area contributed by atoms with Gasteiger partial charge in [-0.1, -0.05) is 18.2 Å². The summed E-state index contributed by atoms with van der Waals surface area (Å²) >= 11 is 0. The molecule has 2 heterocycles. The Balaban J connectivity index is 1.93. The van der Waals surface area contributed by atoms with Crippen molar-refractivity contribution in [2.45, 2.75) is 39.2 Å². The van der Waals surface area contributed by atoms with Gasteiger partial charge in [0.25, 0.3) is 5.91 Å². The summed E-state index contributed by atoms with van der Waals surface area (Å²) in [6, 6.07) is 8.59. The second-order valence-electron chi connectivity index (χ2n) is 7.12. The average molecular weight is 325 g/mol. The van der Waals surface area contributed by atoms with Gasteiger partial charge in [0.1, 0.15) is 0 Å². The zero-order valence-corrected chi connectivity index (χ0v) is 15.2. The highest BCUT2D eigenvalue weighted by atomic mass is 16.2. The number of likely N-dealkylation sites (tertiary alicyclic amines) is 1. The Labute approximate surface area is 144 Å². The highest BCUT2D eigenvalue weighted by molar-refractivity contribution is 6.06. The van der Waals surface area contributed by atoms with Crippen molar-refractivity contribution >= 4 is 16.8 Å². The molecule has 1 aliphatic rings. The van der Waals surface area contributed by atoms with Crippen LogP contribution in [0, 0.1) is 13.8 Å². The number of hydrogen-bond donors (Lipinski definition) is 0. The number of nitrogens with zero attached hydrogens (tertiary/aromatic N) is 3. The molecule has 0 aliphatic carbocycles. The van der Waals surface area contributed by atoms with Crippen molar-refractivity contribution in [1.29, 1.82) is 0 Å². The molecular weight excluding hydrogens is 298 g/mol. The fourth-order valence-corrected chi connectivity index (χ4v) is 3.67. The molecule has 0 unspecified atom stereocenters. The van der Waals surface area contributed by atoms with Gasteiger partial charge in [0.2, 0.25) is 0 Å². The molecule has 3 rings (SSSR count). The van der Waals surface area contributed by atoms with Gasteiger partial charge in [0, 0.05) is 30.2 Å². The second-order valence-corrected chi connectivity index (χ2v) is 7.12. The molecule has 0 bridgehead atoms. The van der Waals surface area contributed by atoms with E-state index in [0.29, 0.717) is 6.04 Å². The SMILES string of the molecule is Cc1cc(C(=O)N2CCC[C@@H](N(C)C)CC2)c2cccc(C)c2n1. The van der Waals surface area contributed by atoms with E-state index in [1.54, 1.807) is 0 Å². The Morgan fingerprint density at radius 3 is 2.75 bits per heavy atom. The number of para-hydroxylation sites is 1. The molecule has 1 saturated heterocycles. The van der Waals surface area contributed by atoms with Crippen LogP contribution < -0.4 is 0 Å². The van der Waals surface area contributed by atoms with Crippen LogP contribution in [-0.2, 0) is 0 Å². The van der Waals surface area contributed by atoms with Crippen LogP contribution in [0.5, 0.6) is 0 Å². The zero-order valence-electron chi connectivity index (χ0n) is 15.2. The van der Waals surface area contributed by atoms with Gasteiger partial charge < -0.3 is 9.80 Å². The lowest BCUT2D eigenvalue weighted by atomic mass is 10.0. The number of carbonyl (C=O) groups excluding carboxylic acids is 1. The molecule has 128 valence electrons. The lowest BCUT2D eigenvalue weighted by Crippen LogP contribution is -2.34. The van der Waals surface area contributed by atoms with Crippen LogP contribution in [0.4, 0.5) is 0 Å². The van der Waals surface area contributed by atoms with Crippen molar-refractivity contribution in [3.63, 3.8) is 0 Å². The van der Waals surface area contributed by atoms with Gasteiger partial charge in [0.05, 0.1) is 11.1 Å². The van der Waals surface area contributed by atoms with E-state index in [0.717, 1.165) is 60.1 Å². The van der Waals surface area contributed by atoms with Crippen LogP contribution in [0.1, 0.15) is 40.9 Å². The number of benzene rings is 1. The highest BCUT2D eigenvalue weighted by Gasteiger charge is 2.24. The number of pyridine rings is 1. The summed E-state index contributed by atoms with van der Waals surface area (Å²) in [6.45, 7) is 5.69. The van der Waals surface area contributed by atoms with Crippen LogP contribution in [-0.4, -0.2) is 53.9 Å². The molecule has 24 heavy (non-hydrogen) atoms. The predicted molar refractivity (Wildman–Crippen MR) is 98.4 cm³/mol. The Hall–Kier alpha value is -1.94. The molecule has 0 radical (unpaired) electrons. The second kappa shape index (κ2) is 6.89. The number of aryl methyl sites for hydroxylation is 2. The maximum absolute atomic E-state index is 13.2. The molecule has 4 nitrogen and oxygen atoms in total. The van der Waals surface area contributed by atoms with Gasteiger partial charge >= 0.3 is 0 Å². The molecule has 0 saturated carbocycles. The van der Waals surface area contributed by atoms with E-state index in [1.165, 1.54) is 0 Å². The predicted octanol–water partition coefficient (Wildman–Crippen LogP) is 3.41. The minimum Gasteiger partial charge on any atom is -0.339 e. The lowest BCUT2D eigenvalue weighted by Gasteiger charge is -2.24. The monoisotopic (exact) mass is 325 g/mol. The Kier molecular flexibility index (Phi) is 4.86. The van der Waals surface area contributed by atoms with E-state index >= 15 is 0 Å². The number of rotatable bonds is 2. The van der Waals surface area contributed by atoms with Crippen molar-refractivity contribution in [3.8, 4) is 0 Å². The van der Waals surface area contributed by atoms with Gasteiger partial charge in [-0.3, -0.25) is 9.78 Å². The first-order valence-corrected chi connectivity index (χ1v) is 8.80. The van der Waals surface area contributed by atoms with E-state index in [4.69, 9.17) is 0 Å². The largest absolute Gasteiger partial charge is 0.339 e. The summed E-state index contributed by atoms with van der Waals surface area (Å²) in [5.41, 5.74) is 3.77. The first kappa shape index (κ1) is 16.9. The van der Waals surface area contributed by atoms with Crippen molar-refractivity contribution in [1.82, 2.24) is 14.8 Å². The van der Waals surface area contributed by atoms with Crippen molar-refractivity contribution in [2.24, 2.45) is 0 Å². The smallest absolute Gasteiger partial charge is 0.254 e. The fraction of sp³-hybridized carbons (Fsp3) is 0.500. The molecule has 4 heteroatoms. The lowest BCUT2D eigenvalue weighted by molar-refractivity contribution is 0.0760. The summed E-state index contributed by atoms with van der Waals surface area (Å²) in [5, 5.41) is 0.971. The van der Waals surface area contributed by atoms with Crippen LogP contribution in [0.15, 0.2) is 24.3 Å². The standard InChI is InChI=1S/C20H27N3O/c1-14-7-5-9-17-18(13-15(2)21-19(14)17)20(24)23-11-6-8-16(10-12-23)22(3)4/h5,7,9,13,16H,6,8,10-12H2,1-4H3/t16-/m1/s1. The maximum Gasteiger partial charge on any atom is 0.254 e. The third-order valence-electron chi connectivity index (χ3n) is 5.11. The average Bonchev–Trinajstić information content (AvgIpc) is 2.80. The van der Waals surface area contributed by atoms with Crippen LogP contribution in [0.25, 0.3) is 10.9 Å². The quantitative estimate of drug-likeness (QED) is 0.849. The molecule has 2 aromatic rings.